The third kappa shape index (κ3) is 4.79. The van der Waals surface area contributed by atoms with Gasteiger partial charge in [0, 0.05) is 32.0 Å². The minimum absolute atomic E-state index is 0.545. The topological polar surface area (TPSA) is 67.4 Å². The fourth-order valence-electron chi connectivity index (χ4n) is 1.79. The van der Waals surface area contributed by atoms with E-state index in [4.69, 9.17) is 4.42 Å². The van der Waals surface area contributed by atoms with Crippen molar-refractivity contribution in [3.8, 4) is 0 Å². The molecule has 6 nitrogen and oxygen atoms in total. The first-order valence-electron chi connectivity index (χ1n) is 6.89. The predicted octanol–water partition coefficient (Wildman–Crippen LogP) is 1.62. The highest BCUT2D eigenvalue weighted by Gasteiger charge is 1.98. The largest absolute Gasteiger partial charge is 0.467 e. The van der Waals surface area contributed by atoms with Crippen LogP contribution in [0.15, 0.2) is 46.5 Å². The van der Waals surface area contributed by atoms with Crippen LogP contribution in [0.5, 0.6) is 0 Å². The molecular formula is C14H21N5O. The first-order valence-corrected chi connectivity index (χ1v) is 6.89. The van der Waals surface area contributed by atoms with E-state index in [2.05, 4.69) is 32.1 Å². The van der Waals surface area contributed by atoms with Crippen LogP contribution >= 0.6 is 0 Å². The number of furan rings is 1. The molecule has 0 fully saturated rings. The van der Waals surface area contributed by atoms with Gasteiger partial charge in [-0.2, -0.15) is 0 Å². The zero-order valence-corrected chi connectivity index (χ0v) is 11.7. The van der Waals surface area contributed by atoms with Gasteiger partial charge in [-0.25, -0.2) is 9.98 Å². The molecule has 0 bridgehead atoms. The van der Waals surface area contributed by atoms with Gasteiger partial charge in [-0.1, -0.05) is 0 Å². The number of aryl methyl sites for hydroxylation is 1. The van der Waals surface area contributed by atoms with Gasteiger partial charge in [-0.15, -0.1) is 0 Å². The summed E-state index contributed by atoms with van der Waals surface area (Å²) in [5.41, 5.74) is 0. The minimum atomic E-state index is 0.545. The van der Waals surface area contributed by atoms with E-state index < -0.39 is 0 Å². The van der Waals surface area contributed by atoms with Gasteiger partial charge in [0.15, 0.2) is 5.96 Å². The molecule has 0 spiro atoms. The number of hydrogen-bond acceptors (Lipinski definition) is 3. The average Bonchev–Trinajstić information content (AvgIpc) is 3.13. The molecule has 2 rings (SSSR count). The Morgan fingerprint density at radius 2 is 2.40 bits per heavy atom. The number of imidazole rings is 1. The molecule has 0 aliphatic rings. The highest BCUT2D eigenvalue weighted by Crippen LogP contribution is 2.01. The summed E-state index contributed by atoms with van der Waals surface area (Å²) in [4.78, 5) is 8.49. The molecule has 0 saturated heterocycles. The highest BCUT2D eigenvalue weighted by molar-refractivity contribution is 5.79. The third-order valence-electron chi connectivity index (χ3n) is 2.76. The molecule has 0 atom stereocenters. The number of hydrogen-bond donors (Lipinski definition) is 2. The molecule has 108 valence electrons. The van der Waals surface area contributed by atoms with Gasteiger partial charge in [0.25, 0.3) is 0 Å². The van der Waals surface area contributed by atoms with E-state index in [0.717, 1.165) is 37.8 Å². The summed E-state index contributed by atoms with van der Waals surface area (Å²) >= 11 is 0. The number of aromatic nitrogens is 2. The molecule has 0 aliphatic carbocycles. The fourth-order valence-corrected chi connectivity index (χ4v) is 1.79. The second-order valence-electron chi connectivity index (χ2n) is 4.36. The Morgan fingerprint density at radius 1 is 1.45 bits per heavy atom. The molecular weight excluding hydrogens is 254 g/mol. The molecule has 0 aliphatic heterocycles. The van der Waals surface area contributed by atoms with Crippen molar-refractivity contribution in [1.82, 2.24) is 20.2 Å². The van der Waals surface area contributed by atoms with Crippen molar-refractivity contribution in [2.75, 3.05) is 13.1 Å². The van der Waals surface area contributed by atoms with Crippen molar-refractivity contribution in [3.63, 3.8) is 0 Å². The molecule has 0 aromatic carbocycles. The molecule has 2 aromatic heterocycles. The van der Waals surface area contributed by atoms with Gasteiger partial charge >= 0.3 is 0 Å². The smallest absolute Gasteiger partial charge is 0.191 e. The summed E-state index contributed by atoms with van der Waals surface area (Å²) in [6.45, 7) is 5.25. The van der Waals surface area contributed by atoms with Crippen LogP contribution in [0.1, 0.15) is 19.1 Å². The van der Waals surface area contributed by atoms with Crippen molar-refractivity contribution in [1.29, 1.82) is 0 Å². The normalized spacial score (nSPS) is 11.6. The number of guanidine groups is 1. The lowest BCUT2D eigenvalue weighted by Crippen LogP contribution is -2.38. The lowest BCUT2D eigenvalue weighted by Gasteiger charge is -2.11. The standard InChI is InChI=1S/C14H21N5O/c1-2-16-14(18-11-13-5-3-10-20-13)17-6-4-8-19-9-7-15-12-19/h3,5,7,9-10,12H,2,4,6,8,11H2,1H3,(H2,16,17,18). The van der Waals surface area contributed by atoms with Crippen LogP contribution in [0.3, 0.4) is 0 Å². The zero-order valence-electron chi connectivity index (χ0n) is 11.7. The van der Waals surface area contributed by atoms with E-state index in [9.17, 15) is 0 Å². The number of rotatable bonds is 7. The van der Waals surface area contributed by atoms with Gasteiger partial charge in [-0.3, -0.25) is 0 Å². The van der Waals surface area contributed by atoms with Gasteiger partial charge in [0.2, 0.25) is 0 Å². The fraction of sp³-hybridized carbons (Fsp3) is 0.429. The Hall–Kier alpha value is -2.24. The SMILES string of the molecule is CCNC(=NCc1ccco1)NCCCn1ccnc1. The predicted molar refractivity (Wildman–Crippen MR) is 78.4 cm³/mol. The van der Waals surface area contributed by atoms with Crippen LogP contribution in [-0.4, -0.2) is 28.6 Å². The Balaban J connectivity index is 1.72. The maximum atomic E-state index is 5.26. The second kappa shape index (κ2) is 8.04. The Labute approximate surface area is 118 Å². The summed E-state index contributed by atoms with van der Waals surface area (Å²) in [5.74, 6) is 1.68. The summed E-state index contributed by atoms with van der Waals surface area (Å²) in [6.07, 6.45) is 8.27. The Bertz CT molecular complexity index is 490. The lowest BCUT2D eigenvalue weighted by molar-refractivity contribution is 0.511. The molecule has 2 heterocycles. The maximum absolute atomic E-state index is 5.26. The van der Waals surface area contributed by atoms with Gasteiger partial charge in [-0.05, 0) is 25.5 Å². The summed E-state index contributed by atoms with van der Waals surface area (Å²) in [7, 11) is 0. The van der Waals surface area contributed by atoms with E-state index in [1.165, 1.54) is 0 Å². The molecule has 0 radical (unpaired) electrons. The maximum Gasteiger partial charge on any atom is 0.191 e. The lowest BCUT2D eigenvalue weighted by atomic mass is 10.4. The molecule has 2 N–H and O–H groups in total. The third-order valence-corrected chi connectivity index (χ3v) is 2.76. The van der Waals surface area contributed by atoms with Crippen LogP contribution in [-0.2, 0) is 13.1 Å². The minimum Gasteiger partial charge on any atom is -0.467 e. The van der Waals surface area contributed by atoms with Crippen LogP contribution < -0.4 is 10.6 Å². The van der Waals surface area contributed by atoms with Crippen LogP contribution in [0, 0.1) is 0 Å². The number of nitrogens with zero attached hydrogens (tertiary/aromatic N) is 3. The number of nitrogens with one attached hydrogen (secondary N) is 2. The van der Waals surface area contributed by atoms with Crippen LogP contribution in [0.25, 0.3) is 0 Å². The molecule has 0 unspecified atom stereocenters. The summed E-state index contributed by atoms with van der Waals surface area (Å²) < 4.78 is 7.33. The molecule has 0 amide bonds. The quantitative estimate of drug-likeness (QED) is 0.458. The van der Waals surface area contributed by atoms with E-state index >= 15 is 0 Å². The van der Waals surface area contributed by atoms with E-state index in [-0.39, 0.29) is 0 Å². The van der Waals surface area contributed by atoms with Crippen LogP contribution in [0.4, 0.5) is 0 Å². The van der Waals surface area contributed by atoms with E-state index in [0.29, 0.717) is 6.54 Å². The first kappa shape index (κ1) is 14.2. The van der Waals surface area contributed by atoms with Crippen molar-refractivity contribution < 1.29 is 4.42 Å². The van der Waals surface area contributed by atoms with Crippen molar-refractivity contribution in [2.24, 2.45) is 4.99 Å². The monoisotopic (exact) mass is 275 g/mol. The van der Waals surface area contributed by atoms with Gasteiger partial charge in [0.05, 0.1) is 12.6 Å². The van der Waals surface area contributed by atoms with Crippen molar-refractivity contribution >= 4 is 5.96 Å². The molecule has 20 heavy (non-hydrogen) atoms. The number of aliphatic imine (C=N–C) groups is 1. The van der Waals surface area contributed by atoms with Gasteiger partial charge in [0.1, 0.15) is 12.3 Å². The van der Waals surface area contributed by atoms with Gasteiger partial charge < -0.3 is 19.6 Å². The molecule has 0 saturated carbocycles. The average molecular weight is 275 g/mol. The molecule has 2 aromatic rings. The molecule has 6 heteroatoms. The van der Waals surface area contributed by atoms with Crippen molar-refractivity contribution in [3.05, 3.63) is 42.9 Å². The Kier molecular flexibility index (Phi) is 5.70. The summed E-state index contributed by atoms with van der Waals surface area (Å²) in [6, 6.07) is 3.79. The van der Waals surface area contributed by atoms with Crippen molar-refractivity contribution in [2.45, 2.75) is 26.4 Å². The second-order valence-corrected chi connectivity index (χ2v) is 4.36. The highest BCUT2D eigenvalue weighted by atomic mass is 16.3. The van der Waals surface area contributed by atoms with E-state index in [1.807, 2.05) is 24.7 Å². The van der Waals surface area contributed by atoms with Crippen LogP contribution in [0.2, 0.25) is 0 Å². The first-order chi connectivity index (χ1) is 9.88. The Morgan fingerprint density at radius 3 is 3.10 bits per heavy atom. The zero-order chi connectivity index (χ0) is 14.0. The summed E-state index contributed by atoms with van der Waals surface area (Å²) in [5, 5.41) is 6.53. The van der Waals surface area contributed by atoms with E-state index in [1.54, 1.807) is 12.5 Å².